The van der Waals surface area contributed by atoms with Gasteiger partial charge in [-0.05, 0) is 42.7 Å². The number of hydrogen-bond donors (Lipinski definition) is 1. The molecule has 2 aliphatic rings. The van der Waals surface area contributed by atoms with Gasteiger partial charge in [0.15, 0.2) is 5.82 Å². The number of nitrogens with zero attached hydrogens (tertiary/aromatic N) is 3. The van der Waals surface area contributed by atoms with Crippen LogP contribution < -0.4 is 9.62 Å². The van der Waals surface area contributed by atoms with Crippen molar-refractivity contribution in [2.45, 2.75) is 31.6 Å². The van der Waals surface area contributed by atoms with E-state index in [1.54, 1.807) is 10.9 Å². The van der Waals surface area contributed by atoms with Crippen LogP contribution in [0.3, 0.4) is 0 Å². The molecule has 1 aromatic heterocycles. The van der Waals surface area contributed by atoms with E-state index in [2.05, 4.69) is 28.5 Å². The molecular formula is C20H25ClF2N4S2. The first kappa shape index (κ1) is 21.2. The van der Waals surface area contributed by atoms with E-state index in [-0.39, 0.29) is 9.92 Å². The Morgan fingerprint density at radius 2 is 2.21 bits per heavy atom. The lowest BCUT2D eigenvalue weighted by atomic mass is 9.93. The fourth-order valence-electron chi connectivity index (χ4n) is 4.20. The number of anilines is 2. The highest BCUT2D eigenvalue weighted by Crippen LogP contribution is 2.39. The molecule has 9 heteroatoms. The van der Waals surface area contributed by atoms with E-state index in [0.717, 1.165) is 51.1 Å². The van der Waals surface area contributed by atoms with Crippen molar-refractivity contribution in [2.24, 2.45) is 11.3 Å². The maximum absolute atomic E-state index is 14.8. The van der Waals surface area contributed by atoms with Gasteiger partial charge in [-0.1, -0.05) is 25.4 Å². The zero-order valence-corrected chi connectivity index (χ0v) is 18.9. The molecule has 0 radical (unpaired) electrons. The van der Waals surface area contributed by atoms with Crippen molar-refractivity contribution in [2.75, 3.05) is 42.3 Å². The Bertz CT molecular complexity index is 863. The summed E-state index contributed by atoms with van der Waals surface area (Å²) in [6.45, 7) is 9.44. The predicted octanol–water partition coefficient (Wildman–Crippen LogP) is 5.75. The lowest BCUT2D eigenvalue weighted by Gasteiger charge is -2.24. The number of thiazole rings is 1. The van der Waals surface area contributed by atoms with Crippen molar-refractivity contribution < 1.29 is 8.78 Å². The van der Waals surface area contributed by atoms with Gasteiger partial charge in [0.1, 0.15) is 21.6 Å². The Labute approximate surface area is 183 Å². The number of halogens is 3. The molecule has 2 saturated heterocycles. The number of nitrogens with one attached hydrogen (secondary N) is 1. The highest BCUT2D eigenvalue weighted by Gasteiger charge is 2.33. The molecule has 2 fully saturated rings. The largest absolute Gasteiger partial charge is 0.370 e. The minimum atomic E-state index is -0.723. The number of hydrogen-bond acceptors (Lipinski definition) is 6. The molecule has 0 saturated carbocycles. The fraction of sp³-hybridized carbons (Fsp3) is 0.550. The van der Waals surface area contributed by atoms with E-state index in [1.807, 2.05) is 4.90 Å². The van der Waals surface area contributed by atoms with E-state index < -0.39 is 11.6 Å². The van der Waals surface area contributed by atoms with Crippen LogP contribution in [0.4, 0.5) is 20.3 Å². The molecule has 1 atom stereocenters. The third-order valence-electron chi connectivity index (χ3n) is 5.69. The summed E-state index contributed by atoms with van der Waals surface area (Å²) in [4.78, 5) is 8.44. The van der Waals surface area contributed by atoms with Crippen LogP contribution in [0.2, 0.25) is 5.02 Å². The standard InChI is InChI=1S/C20H25ClF2N4S2/c1-20(2)4-6-26(11-20)8-13-3-5-27(9-13)15-7-14(22)19(18(23)17(15)21)29-25-16-10-28-12-24-16/h7,10,12-13,25H,3-6,8-9,11H2,1-2H3. The molecule has 2 aromatic rings. The van der Waals surface area contributed by atoms with Gasteiger partial charge in [0.25, 0.3) is 0 Å². The first-order chi connectivity index (χ1) is 13.8. The number of aromatic nitrogens is 1. The highest BCUT2D eigenvalue weighted by molar-refractivity contribution is 8.00. The monoisotopic (exact) mass is 458 g/mol. The molecule has 1 unspecified atom stereocenters. The fourth-order valence-corrected chi connectivity index (χ4v) is 5.75. The SMILES string of the molecule is CC1(C)CCN(CC2CCN(c3cc(F)c(SNc4cscn4)c(F)c3Cl)C2)C1. The van der Waals surface area contributed by atoms with Crippen LogP contribution in [-0.2, 0) is 0 Å². The maximum Gasteiger partial charge on any atom is 0.162 e. The van der Waals surface area contributed by atoms with Crippen LogP contribution in [-0.4, -0.2) is 42.6 Å². The molecule has 4 nitrogen and oxygen atoms in total. The van der Waals surface area contributed by atoms with E-state index in [4.69, 9.17) is 11.6 Å². The quantitative estimate of drug-likeness (QED) is 0.440. The van der Waals surface area contributed by atoms with Crippen LogP contribution in [0.15, 0.2) is 21.9 Å². The van der Waals surface area contributed by atoms with Crippen molar-refractivity contribution in [3.8, 4) is 0 Å². The molecule has 3 heterocycles. The first-order valence-electron chi connectivity index (χ1n) is 9.78. The average Bonchev–Trinajstić information content (AvgIpc) is 3.40. The normalized spacial score (nSPS) is 21.8. The van der Waals surface area contributed by atoms with Gasteiger partial charge in [0.2, 0.25) is 0 Å². The van der Waals surface area contributed by atoms with Gasteiger partial charge in [-0.15, -0.1) is 11.3 Å². The van der Waals surface area contributed by atoms with Gasteiger partial charge in [0, 0.05) is 37.6 Å². The van der Waals surface area contributed by atoms with E-state index in [9.17, 15) is 8.78 Å². The van der Waals surface area contributed by atoms with Crippen LogP contribution >= 0.6 is 34.9 Å². The Morgan fingerprint density at radius 1 is 1.38 bits per heavy atom. The molecule has 1 N–H and O–H groups in total. The zero-order chi connectivity index (χ0) is 20.6. The number of rotatable bonds is 6. The Balaban J connectivity index is 1.42. The molecule has 0 aliphatic carbocycles. The summed E-state index contributed by atoms with van der Waals surface area (Å²) in [7, 11) is 0. The van der Waals surface area contributed by atoms with E-state index >= 15 is 0 Å². The minimum Gasteiger partial charge on any atom is -0.370 e. The summed E-state index contributed by atoms with van der Waals surface area (Å²) in [6.07, 6.45) is 2.23. The Hall–Kier alpha value is -1.09. The Kier molecular flexibility index (Phi) is 6.25. The third kappa shape index (κ3) is 4.81. The molecule has 1 aromatic carbocycles. The highest BCUT2D eigenvalue weighted by atomic mass is 35.5. The average molecular weight is 459 g/mol. The summed E-state index contributed by atoms with van der Waals surface area (Å²) in [5, 5.41) is 1.75. The smallest absolute Gasteiger partial charge is 0.162 e. The van der Waals surface area contributed by atoms with Crippen LogP contribution in [0, 0.1) is 23.0 Å². The van der Waals surface area contributed by atoms with Crippen molar-refractivity contribution in [3.05, 3.63) is 33.6 Å². The first-order valence-corrected chi connectivity index (χ1v) is 11.9. The molecule has 0 spiro atoms. The molecule has 0 amide bonds. The summed E-state index contributed by atoms with van der Waals surface area (Å²) >= 11 is 8.58. The second-order valence-corrected chi connectivity index (χ2v) is 10.6. The van der Waals surface area contributed by atoms with Gasteiger partial charge in [-0.3, -0.25) is 0 Å². The molecule has 158 valence electrons. The van der Waals surface area contributed by atoms with E-state index in [1.165, 1.54) is 23.8 Å². The van der Waals surface area contributed by atoms with E-state index in [0.29, 0.717) is 22.8 Å². The van der Waals surface area contributed by atoms with Gasteiger partial charge in [0.05, 0.1) is 11.2 Å². The van der Waals surface area contributed by atoms with Gasteiger partial charge >= 0.3 is 0 Å². The van der Waals surface area contributed by atoms with Gasteiger partial charge in [-0.25, -0.2) is 13.8 Å². The van der Waals surface area contributed by atoms with Crippen molar-refractivity contribution in [1.82, 2.24) is 9.88 Å². The summed E-state index contributed by atoms with van der Waals surface area (Å²) < 4.78 is 32.4. The van der Waals surface area contributed by atoms with Gasteiger partial charge in [-0.2, -0.15) is 0 Å². The molecule has 4 rings (SSSR count). The predicted molar refractivity (Wildman–Crippen MR) is 118 cm³/mol. The van der Waals surface area contributed by atoms with Crippen LogP contribution in [0.25, 0.3) is 0 Å². The van der Waals surface area contributed by atoms with Crippen LogP contribution in [0.1, 0.15) is 26.7 Å². The second kappa shape index (κ2) is 8.57. The second-order valence-electron chi connectivity index (χ2n) is 8.66. The number of benzene rings is 1. The summed E-state index contributed by atoms with van der Waals surface area (Å²) in [5.74, 6) is -0.281. The maximum atomic E-state index is 14.8. The Morgan fingerprint density at radius 3 is 2.90 bits per heavy atom. The molecular weight excluding hydrogens is 434 g/mol. The topological polar surface area (TPSA) is 31.4 Å². The van der Waals surface area contributed by atoms with Gasteiger partial charge < -0.3 is 14.5 Å². The van der Waals surface area contributed by atoms with Crippen molar-refractivity contribution in [3.63, 3.8) is 0 Å². The molecule has 0 bridgehead atoms. The summed E-state index contributed by atoms with van der Waals surface area (Å²) in [6, 6.07) is 1.36. The lowest BCUT2D eigenvalue weighted by molar-refractivity contribution is 0.257. The number of likely N-dealkylation sites (tertiary alicyclic amines) is 1. The minimum absolute atomic E-state index is 0.0167. The van der Waals surface area contributed by atoms with Crippen LogP contribution in [0.5, 0.6) is 0 Å². The lowest BCUT2D eigenvalue weighted by Crippen LogP contribution is -2.31. The van der Waals surface area contributed by atoms with Crippen molar-refractivity contribution in [1.29, 1.82) is 0 Å². The van der Waals surface area contributed by atoms with Crippen molar-refractivity contribution >= 4 is 46.4 Å². The summed E-state index contributed by atoms with van der Waals surface area (Å²) in [5.41, 5.74) is 2.48. The third-order valence-corrected chi connectivity index (χ3v) is 7.52. The molecule has 29 heavy (non-hydrogen) atoms. The molecule has 2 aliphatic heterocycles. The zero-order valence-electron chi connectivity index (χ0n) is 16.6.